The zero-order valence-electron chi connectivity index (χ0n) is 11.4. The highest BCUT2D eigenvalue weighted by Crippen LogP contribution is 2.24. The highest BCUT2D eigenvalue weighted by atomic mass is 16.5. The van der Waals surface area contributed by atoms with Crippen LogP contribution in [0.3, 0.4) is 0 Å². The summed E-state index contributed by atoms with van der Waals surface area (Å²) in [6.07, 6.45) is 5.87. The zero-order chi connectivity index (χ0) is 13.5. The topological polar surface area (TPSA) is 50.4 Å². The van der Waals surface area contributed by atoms with Crippen molar-refractivity contribution < 1.29 is 9.53 Å². The maximum absolute atomic E-state index is 12.0. The fourth-order valence-corrected chi connectivity index (χ4v) is 2.44. The van der Waals surface area contributed by atoms with Gasteiger partial charge in [0, 0.05) is 6.04 Å². The van der Waals surface area contributed by atoms with Gasteiger partial charge in [0.2, 0.25) is 0 Å². The third-order valence-electron chi connectivity index (χ3n) is 3.38. The Balaban J connectivity index is 1.90. The minimum absolute atomic E-state index is 0.140. The van der Waals surface area contributed by atoms with Crippen molar-refractivity contribution in [1.29, 1.82) is 0 Å². The Bertz CT molecular complexity index is 414. The second-order valence-corrected chi connectivity index (χ2v) is 4.86. The van der Waals surface area contributed by atoms with Gasteiger partial charge in [-0.05, 0) is 31.9 Å². The zero-order valence-corrected chi connectivity index (χ0v) is 11.4. The van der Waals surface area contributed by atoms with E-state index in [4.69, 9.17) is 4.74 Å². The quantitative estimate of drug-likeness (QED) is 0.872. The summed E-state index contributed by atoms with van der Waals surface area (Å²) < 4.78 is 5.49. The summed E-state index contributed by atoms with van der Waals surface area (Å²) in [4.78, 5) is 12.0. The van der Waals surface area contributed by atoms with E-state index in [0.29, 0.717) is 18.4 Å². The van der Waals surface area contributed by atoms with E-state index in [1.54, 1.807) is 0 Å². The minimum Gasteiger partial charge on any atom is -0.492 e. The molecular weight excluding hydrogens is 240 g/mol. The Kier molecular flexibility index (Phi) is 5.07. The van der Waals surface area contributed by atoms with E-state index < -0.39 is 0 Å². The van der Waals surface area contributed by atoms with Crippen LogP contribution in [0.4, 0.5) is 10.5 Å². The lowest BCUT2D eigenvalue weighted by molar-refractivity contribution is 0.244. The van der Waals surface area contributed by atoms with Crippen molar-refractivity contribution in [1.82, 2.24) is 5.32 Å². The fraction of sp³-hybridized carbons (Fsp3) is 0.533. The molecule has 0 unspecified atom stereocenters. The molecule has 19 heavy (non-hydrogen) atoms. The number of hydrogen-bond acceptors (Lipinski definition) is 2. The van der Waals surface area contributed by atoms with Gasteiger partial charge in [0.15, 0.2) is 0 Å². The van der Waals surface area contributed by atoms with Crippen molar-refractivity contribution in [2.24, 2.45) is 0 Å². The van der Waals surface area contributed by atoms with Gasteiger partial charge in [-0.2, -0.15) is 0 Å². The Hall–Kier alpha value is -1.71. The van der Waals surface area contributed by atoms with E-state index in [-0.39, 0.29) is 6.03 Å². The summed E-state index contributed by atoms with van der Waals surface area (Å²) in [7, 11) is 0. The molecule has 1 fully saturated rings. The molecule has 0 heterocycles. The Morgan fingerprint density at radius 1 is 1.26 bits per heavy atom. The van der Waals surface area contributed by atoms with Crippen molar-refractivity contribution in [2.45, 2.75) is 45.1 Å². The van der Waals surface area contributed by atoms with Crippen molar-refractivity contribution in [2.75, 3.05) is 11.9 Å². The van der Waals surface area contributed by atoms with Crippen molar-refractivity contribution in [3.05, 3.63) is 24.3 Å². The summed E-state index contributed by atoms with van der Waals surface area (Å²) in [5, 5.41) is 5.90. The molecule has 0 radical (unpaired) electrons. The van der Waals surface area contributed by atoms with E-state index in [1.807, 2.05) is 31.2 Å². The summed E-state index contributed by atoms with van der Waals surface area (Å²) in [5.41, 5.74) is 0.720. The number of para-hydroxylation sites is 2. The molecule has 0 saturated heterocycles. The van der Waals surface area contributed by atoms with Gasteiger partial charge >= 0.3 is 6.03 Å². The van der Waals surface area contributed by atoms with Crippen LogP contribution >= 0.6 is 0 Å². The van der Waals surface area contributed by atoms with Gasteiger partial charge in [0.05, 0.1) is 12.3 Å². The summed E-state index contributed by atoms with van der Waals surface area (Å²) in [5.74, 6) is 0.712. The molecule has 0 bridgehead atoms. The van der Waals surface area contributed by atoms with E-state index in [0.717, 1.165) is 18.5 Å². The molecular formula is C15H22N2O2. The lowest BCUT2D eigenvalue weighted by atomic mass is 9.96. The van der Waals surface area contributed by atoms with Gasteiger partial charge in [0.1, 0.15) is 5.75 Å². The smallest absolute Gasteiger partial charge is 0.319 e. The van der Waals surface area contributed by atoms with Crippen LogP contribution in [-0.2, 0) is 0 Å². The lowest BCUT2D eigenvalue weighted by Crippen LogP contribution is -2.39. The van der Waals surface area contributed by atoms with Gasteiger partial charge in [-0.15, -0.1) is 0 Å². The molecule has 4 heteroatoms. The van der Waals surface area contributed by atoms with Crippen LogP contribution in [0.5, 0.6) is 5.75 Å². The number of carbonyl (C=O) groups is 1. The number of carbonyl (C=O) groups excluding carboxylic acids is 1. The van der Waals surface area contributed by atoms with E-state index in [1.165, 1.54) is 19.3 Å². The molecule has 1 aliphatic carbocycles. The van der Waals surface area contributed by atoms with Crippen molar-refractivity contribution in [3.8, 4) is 5.75 Å². The molecule has 2 amide bonds. The van der Waals surface area contributed by atoms with Gasteiger partial charge in [-0.25, -0.2) is 4.79 Å². The van der Waals surface area contributed by atoms with Crippen LogP contribution in [-0.4, -0.2) is 18.7 Å². The monoisotopic (exact) mass is 262 g/mol. The highest BCUT2D eigenvalue weighted by Gasteiger charge is 2.16. The Labute approximate surface area is 114 Å². The first-order valence-corrected chi connectivity index (χ1v) is 7.09. The molecule has 0 atom stereocenters. The minimum atomic E-state index is -0.140. The number of amides is 2. The number of anilines is 1. The van der Waals surface area contributed by atoms with Crippen LogP contribution in [0.25, 0.3) is 0 Å². The molecule has 4 nitrogen and oxygen atoms in total. The number of benzene rings is 1. The second kappa shape index (κ2) is 7.02. The molecule has 104 valence electrons. The van der Waals surface area contributed by atoms with Crippen LogP contribution in [0.15, 0.2) is 24.3 Å². The normalized spacial score (nSPS) is 15.8. The average Bonchev–Trinajstić information content (AvgIpc) is 2.42. The van der Waals surface area contributed by atoms with Crippen LogP contribution < -0.4 is 15.4 Å². The third kappa shape index (κ3) is 4.16. The van der Waals surface area contributed by atoms with Crippen LogP contribution in [0, 0.1) is 0 Å². The van der Waals surface area contributed by atoms with E-state index in [9.17, 15) is 4.79 Å². The predicted molar refractivity (Wildman–Crippen MR) is 76.6 cm³/mol. The molecule has 2 rings (SSSR count). The number of ether oxygens (including phenoxy) is 1. The molecule has 1 saturated carbocycles. The number of nitrogens with one attached hydrogen (secondary N) is 2. The maximum Gasteiger partial charge on any atom is 0.319 e. The first-order chi connectivity index (χ1) is 9.29. The predicted octanol–water partition coefficient (Wildman–Crippen LogP) is 3.54. The molecule has 0 aromatic heterocycles. The number of rotatable bonds is 4. The van der Waals surface area contributed by atoms with E-state index >= 15 is 0 Å². The van der Waals surface area contributed by atoms with Gasteiger partial charge < -0.3 is 15.4 Å². The average molecular weight is 262 g/mol. The van der Waals surface area contributed by atoms with Gasteiger partial charge in [-0.3, -0.25) is 0 Å². The molecule has 1 aliphatic rings. The largest absolute Gasteiger partial charge is 0.492 e. The third-order valence-corrected chi connectivity index (χ3v) is 3.38. The molecule has 1 aromatic carbocycles. The first kappa shape index (κ1) is 13.7. The first-order valence-electron chi connectivity index (χ1n) is 7.09. The Morgan fingerprint density at radius 2 is 2.00 bits per heavy atom. The summed E-state index contributed by atoms with van der Waals surface area (Å²) >= 11 is 0. The van der Waals surface area contributed by atoms with E-state index in [2.05, 4.69) is 10.6 Å². The fourth-order valence-electron chi connectivity index (χ4n) is 2.44. The maximum atomic E-state index is 12.0. The summed E-state index contributed by atoms with van der Waals surface area (Å²) in [6.45, 7) is 2.52. The molecule has 0 aliphatic heterocycles. The molecule has 0 spiro atoms. The summed E-state index contributed by atoms with van der Waals surface area (Å²) in [6, 6.07) is 7.67. The molecule has 2 N–H and O–H groups in total. The standard InChI is InChI=1S/C15H22N2O2/c1-2-19-14-11-7-6-10-13(14)17-15(18)16-12-8-4-3-5-9-12/h6-7,10-12H,2-5,8-9H2,1H3,(H2,16,17,18). The molecule has 1 aromatic rings. The Morgan fingerprint density at radius 3 is 2.74 bits per heavy atom. The second-order valence-electron chi connectivity index (χ2n) is 4.86. The van der Waals surface area contributed by atoms with Crippen LogP contribution in [0.1, 0.15) is 39.0 Å². The van der Waals surface area contributed by atoms with Crippen LogP contribution in [0.2, 0.25) is 0 Å². The highest BCUT2D eigenvalue weighted by molar-refractivity contribution is 5.91. The van der Waals surface area contributed by atoms with Gasteiger partial charge in [-0.1, -0.05) is 31.4 Å². The number of hydrogen-bond donors (Lipinski definition) is 2. The SMILES string of the molecule is CCOc1ccccc1NC(=O)NC1CCCCC1. The van der Waals surface area contributed by atoms with Crippen molar-refractivity contribution >= 4 is 11.7 Å². The number of urea groups is 1. The van der Waals surface area contributed by atoms with Crippen molar-refractivity contribution in [3.63, 3.8) is 0 Å². The van der Waals surface area contributed by atoms with Gasteiger partial charge in [0.25, 0.3) is 0 Å². The lowest BCUT2D eigenvalue weighted by Gasteiger charge is -2.23.